The van der Waals surface area contributed by atoms with E-state index < -0.39 is 53.0 Å². The van der Waals surface area contributed by atoms with Crippen LogP contribution in [0.4, 0.5) is 0 Å². The molecule has 0 bridgehead atoms. The molecule has 21 heavy (non-hydrogen) atoms. The molecular formula is C6H14O12P2Sr. The van der Waals surface area contributed by atoms with Crippen LogP contribution < -0.4 is 0 Å². The van der Waals surface area contributed by atoms with E-state index in [0.29, 0.717) is 0 Å². The molecule has 0 fully saturated rings. The number of carbonyl (C=O) groups is 1. The van der Waals surface area contributed by atoms with Crippen LogP contribution in [0, 0.1) is 0 Å². The van der Waals surface area contributed by atoms with E-state index >= 15 is 0 Å². The number of carbonyl (C=O) groups excluding carboxylic acids is 1. The number of phosphoric ester groups is 2. The second kappa shape index (κ2) is 10.2. The van der Waals surface area contributed by atoms with Gasteiger partial charge in [-0.2, -0.15) is 0 Å². The summed E-state index contributed by atoms with van der Waals surface area (Å²) in [6, 6.07) is 0. The van der Waals surface area contributed by atoms with E-state index in [-0.39, 0.29) is 45.5 Å². The van der Waals surface area contributed by atoms with Crippen LogP contribution >= 0.6 is 15.6 Å². The Morgan fingerprint density at radius 2 is 1.38 bits per heavy atom. The van der Waals surface area contributed by atoms with Gasteiger partial charge in [0.2, 0.25) is 0 Å². The van der Waals surface area contributed by atoms with E-state index in [1.54, 1.807) is 0 Å². The van der Waals surface area contributed by atoms with E-state index in [1.165, 1.54) is 0 Å². The first kappa shape index (κ1) is 24.5. The SMILES string of the molecule is O=C(COP(=O)(O)O)[C@@H](O)[C@H](O)[C@H](O)COP(=O)(O)O.[Sr]. The molecule has 15 heteroatoms. The molecule has 0 amide bonds. The molecule has 12 nitrogen and oxygen atoms in total. The summed E-state index contributed by atoms with van der Waals surface area (Å²) in [5.74, 6) is -1.36. The number of aliphatic hydroxyl groups is 3. The average Bonchev–Trinajstić information content (AvgIpc) is 2.29. The van der Waals surface area contributed by atoms with Gasteiger partial charge in [0.05, 0.1) is 6.61 Å². The topological polar surface area (TPSA) is 211 Å². The van der Waals surface area contributed by atoms with E-state index in [2.05, 4.69) is 9.05 Å². The summed E-state index contributed by atoms with van der Waals surface area (Å²) in [7, 11) is -9.87. The molecule has 0 heterocycles. The van der Waals surface area contributed by atoms with Gasteiger partial charge in [-0.3, -0.25) is 13.8 Å². The average molecular weight is 428 g/mol. The van der Waals surface area contributed by atoms with Crippen molar-refractivity contribution in [2.45, 2.75) is 18.3 Å². The zero-order valence-corrected chi connectivity index (χ0v) is 15.7. The zero-order chi connectivity index (χ0) is 16.1. The quantitative estimate of drug-likeness (QED) is 0.141. The minimum absolute atomic E-state index is 0. The normalized spacial score (nSPS) is 16.7. The number of aliphatic hydroxyl groups excluding tert-OH is 3. The van der Waals surface area contributed by atoms with Gasteiger partial charge in [0.15, 0.2) is 5.78 Å². The molecule has 0 aromatic carbocycles. The maximum Gasteiger partial charge on any atom is 0.470 e. The zero-order valence-electron chi connectivity index (χ0n) is 10.4. The Balaban J connectivity index is 0. The fourth-order valence-corrected chi connectivity index (χ4v) is 1.55. The van der Waals surface area contributed by atoms with Gasteiger partial charge < -0.3 is 34.9 Å². The second-order valence-corrected chi connectivity index (χ2v) is 6.00. The van der Waals surface area contributed by atoms with Crippen molar-refractivity contribution < 1.29 is 57.9 Å². The Morgan fingerprint density at radius 3 is 1.76 bits per heavy atom. The van der Waals surface area contributed by atoms with Crippen LogP contribution in [0.1, 0.15) is 0 Å². The van der Waals surface area contributed by atoms with Crippen LogP contribution in [0.5, 0.6) is 0 Å². The number of hydrogen-bond acceptors (Lipinski definition) is 8. The molecule has 2 radical (unpaired) electrons. The number of phosphoric acid groups is 2. The number of rotatable bonds is 9. The van der Waals surface area contributed by atoms with Crippen molar-refractivity contribution in [3.63, 3.8) is 0 Å². The molecule has 3 atom stereocenters. The Morgan fingerprint density at radius 1 is 0.952 bits per heavy atom. The van der Waals surface area contributed by atoms with Crippen molar-refractivity contribution in [2.75, 3.05) is 13.2 Å². The summed E-state index contributed by atoms with van der Waals surface area (Å²) in [4.78, 5) is 44.4. The molecule has 122 valence electrons. The summed E-state index contributed by atoms with van der Waals surface area (Å²) in [5, 5.41) is 27.7. The fraction of sp³-hybridized carbons (Fsp3) is 0.833. The van der Waals surface area contributed by atoms with Crippen LogP contribution in [-0.2, 0) is 23.0 Å². The summed E-state index contributed by atoms with van der Waals surface area (Å²) >= 11 is 0. The van der Waals surface area contributed by atoms with Crippen LogP contribution in [0.2, 0.25) is 0 Å². The minimum atomic E-state index is -4.95. The Hall–Kier alpha value is 1.25. The van der Waals surface area contributed by atoms with Gasteiger partial charge in [-0.25, -0.2) is 9.13 Å². The molecule has 0 saturated heterocycles. The third-order valence-electron chi connectivity index (χ3n) is 1.84. The van der Waals surface area contributed by atoms with Crippen LogP contribution in [0.15, 0.2) is 0 Å². The third kappa shape index (κ3) is 12.4. The molecule has 0 aromatic heterocycles. The standard InChI is InChI=1S/C6H14O12P2.Sr/c7-3(1-17-19(11,12)13)5(9)6(10)4(8)2-18-20(14,15)16;/h3,5-7,9-10H,1-2H2,(H2,11,12,13)(H2,14,15,16);/t3-,5-,6-;/m1./s1. The molecule has 0 saturated carbocycles. The predicted molar refractivity (Wildman–Crippen MR) is 64.8 cm³/mol. The van der Waals surface area contributed by atoms with Gasteiger partial charge in [0.1, 0.15) is 24.9 Å². The molecule has 0 aliphatic rings. The maximum atomic E-state index is 11.2. The molecule has 0 rings (SSSR count). The Kier molecular flexibility index (Phi) is 11.9. The molecule has 0 aliphatic carbocycles. The maximum absolute atomic E-state index is 11.2. The Labute approximate surface area is 155 Å². The molecule has 0 unspecified atom stereocenters. The monoisotopic (exact) mass is 428 g/mol. The number of Topliss-reactive ketones (excluding diaryl/α,β-unsaturated/α-hetero) is 1. The molecular weight excluding hydrogens is 414 g/mol. The van der Waals surface area contributed by atoms with Crippen LogP contribution in [-0.4, -0.2) is 118 Å². The predicted octanol–water partition coefficient (Wildman–Crippen LogP) is -3.52. The molecule has 0 aliphatic heterocycles. The largest absolute Gasteiger partial charge is 0.470 e. The smallest absolute Gasteiger partial charge is 0.388 e. The van der Waals surface area contributed by atoms with Gasteiger partial charge in [-0.15, -0.1) is 0 Å². The van der Waals surface area contributed by atoms with Crippen molar-refractivity contribution in [1.29, 1.82) is 0 Å². The van der Waals surface area contributed by atoms with Crippen molar-refractivity contribution in [2.24, 2.45) is 0 Å². The van der Waals surface area contributed by atoms with Gasteiger partial charge in [-0.1, -0.05) is 0 Å². The summed E-state index contributed by atoms with van der Waals surface area (Å²) < 4.78 is 28.2. The molecule has 7 N–H and O–H groups in total. The van der Waals surface area contributed by atoms with Crippen LogP contribution in [0.25, 0.3) is 0 Å². The molecule has 0 spiro atoms. The van der Waals surface area contributed by atoms with Crippen molar-refractivity contribution >= 4 is 66.9 Å². The van der Waals surface area contributed by atoms with Crippen molar-refractivity contribution in [3.05, 3.63) is 0 Å². The summed E-state index contributed by atoms with van der Waals surface area (Å²) in [6.45, 7) is -2.33. The van der Waals surface area contributed by atoms with E-state index in [9.17, 15) is 29.2 Å². The fourth-order valence-electron chi connectivity index (χ4n) is 0.906. The van der Waals surface area contributed by atoms with Crippen molar-refractivity contribution in [1.82, 2.24) is 0 Å². The third-order valence-corrected chi connectivity index (χ3v) is 2.79. The Bertz CT molecular complexity index is 416. The van der Waals surface area contributed by atoms with E-state index in [0.717, 1.165) is 0 Å². The first-order chi connectivity index (χ1) is 8.83. The van der Waals surface area contributed by atoms with Crippen molar-refractivity contribution in [3.8, 4) is 0 Å². The number of ketones is 1. The summed E-state index contributed by atoms with van der Waals surface area (Å²) in [6.07, 6.45) is -6.53. The van der Waals surface area contributed by atoms with E-state index in [4.69, 9.17) is 19.6 Å². The van der Waals surface area contributed by atoms with Gasteiger partial charge in [0, 0.05) is 45.5 Å². The van der Waals surface area contributed by atoms with Gasteiger partial charge >= 0.3 is 15.6 Å². The van der Waals surface area contributed by atoms with Gasteiger partial charge in [0.25, 0.3) is 0 Å². The second-order valence-electron chi connectivity index (χ2n) is 3.52. The minimum Gasteiger partial charge on any atom is -0.388 e. The van der Waals surface area contributed by atoms with Crippen LogP contribution in [0.3, 0.4) is 0 Å². The molecule has 0 aromatic rings. The number of hydrogen-bond donors (Lipinski definition) is 7. The first-order valence-electron chi connectivity index (χ1n) is 4.80. The van der Waals surface area contributed by atoms with E-state index in [1.807, 2.05) is 0 Å². The summed E-state index contributed by atoms with van der Waals surface area (Å²) in [5.41, 5.74) is 0. The first-order valence-corrected chi connectivity index (χ1v) is 7.86. The van der Waals surface area contributed by atoms with Gasteiger partial charge in [-0.05, 0) is 0 Å².